The predicted molar refractivity (Wildman–Crippen MR) is 94.6 cm³/mol. The van der Waals surface area contributed by atoms with Gasteiger partial charge in [-0.1, -0.05) is 30.3 Å². The molecular weight excluding hydrogens is 300 g/mol. The minimum absolute atomic E-state index is 0.600. The molecule has 0 aliphatic heterocycles. The lowest BCUT2D eigenvalue weighted by atomic mass is 10.1. The molecule has 118 valence electrons. The lowest BCUT2D eigenvalue weighted by Crippen LogP contribution is -1.87. The molecule has 0 radical (unpaired) electrons. The minimum atomic E-state index is 0.600. The summed E-state index contributed by atoms with van der Waals surface area (Å²) < 4.78 is 11.1. The number of rotatable bonds is 4. The third-order valence-electron chi connectivity index (χ3n) is 3.90. The highest BCUT2D eigenvalue weighted by Crippen LogP contribution is 2.33. The molecule has 4 nitrogen and oxygen atoms in total. The Bertz CT molecular complexity index is 960. The van der Waals surface area contributed by atoms with Crippen molar-refractivity contribution in [3.05, 3.63) is 73.1 Å². The van der Waals surface area contributed by atoms with E-state index in [-0.39, 0.29) is 0 Å². The van der Waals surface area contributed by atoms with Gasteiger partial charge in [0.05, 0.1) is 7.11 Å². The maximum atomic E-state index is 5.84. The standard InChI is InChI=1S/C20H16N2O2/c1-23-20-19-17(11-12-21-20)18(13-22-19)14-7-9-16(10-8-14)24-15-5-3-2-4-6-15/h2-13,22H,1H3. The molecule has 2 aromatic heterocycles. The van der Waals surface area contributed by atoms with E-state index in [1.165, 1.54) is 0 Å². The van der Waals surface area contributed by atoms with Gasteiger partial charge in [-0.2, -0.15) is 0 Å². The molecule has 0 saturated carbocycles. The number of nitrogens with zero attached hydrogens (tertiary/aromatic N) is 1. The highest BCUT2D eigenvalue weighted by Gasteiger charge is 2.10. The molecule has 0 bridgehead atoms. The highest BCUT2D eigenvalue weighted by atomic mass is 16.5. The fourth-order valence-electron chi connectivity index (χ4n) is 2.75. The van der Waals surface area contributed by atoms with Crippen LogP contribution in [0.1, 0.15) is 0 Å². The monoisotopic (exact) mass is 316 g/mol. The second kappa shape index (κ2) is 6.08. The normalized spacial score (nSPS) is 10.7. The smallest absolute Gasteiger partial charge is 0.238 e. The van der Waals surface area contributed by atoms with Crippen LogP contribution in [0.2, 0.25) is 0 Å². The zero-order chi connectivity index (χ0) is 16.4. The van der Waals surface area contributed by atoms with E-state index < -0.39 is 0 Å². The van der Waals surface area contributed by atoms with Crippen molar-refractivity contribution in [2.24, 2.45) is 0 Å². The van der Waals surface area contributed by atoms with E-state index in [4.69, 9.17) is 9.47 Å². The van der Waals surface area contributed by atoms with Crippen molar-refractivity contribution in [1.29, 1.82) is 0 Å². The van der Waals surface area contributed by atoms with Gasteiger partial charge in [0, 0.05) is 23.3 Å². The number of aromatic nitrogens is 2. The Kier molecular flexibility index (Phi) is 3.63. The van der Waals surface area contributed by atoms with E-state index in [0.29, 0.717) is 5.88 Å². The maximum Gasteiger partial charge on any atom is 0.238 e. The SMILES string of the molecule is COc1nccc2c(-c3ccc(Oc4ccccc4)cc3)c[nH]c12. The van der Waals surface area contributed by atoms with Gasteiger partial charge in [-0.25, -0.2) is 4.98 Å². The van der Waals surface area contributed by atoms with E-state index in [1.807, 2.05) is 66.9 Å². The van der Waals surface area contributed by atoms with Crippen molar-refractivity contribution in [3.8, 4) is 28.5 Å². The minimum Gasteiger partial charge on any atom is -0.479 e. The van der Waals surface area contributed by atoms with Crippen molar-refractivity contribution in [1.82, 2.24) is 9.97 Å². The summed E-state index contributed by atoms with van der Waals surface area (Å²) in [6.45, 7) is 0. The van der Waals surface area contributed by atoms with E-state index in [2.05, 4.69) is 9.97 Å². The lowest BCUT2D eigenvalue weighted by Gasteiger charge is -2.06. The maximum absolute atomic E-state index is 5.84. The van der Waals surface area contributed by atoms with E-state index >= 15 is 0 Å². The van der Waals surface area contributed by atoms with Crippen molar-refractivity contribution >= 4 is 10.9 Å². The molecule has 2 aromatic carbocycles. The van der Waals surface area contributed by atoms with Crippen molar-refractivity contribution < 1.29 is 9.47 Å². The number of hydrogen-bond donors (Lipinski definition) is 1. The molecular formula is C20H16N2O2. The number of methoxy groups -OCH3 is 1. The first kappa shape index (κ1) is 14.3. The number of fused-ring (bicyclic) bond motifs is 1. The van der Waals surface area contributed by atoms with Gasteiger partial charge in [-0.05, 0) is 35.9 Å². The Morgan fingerprint density at radius 3 is 2.38 bits per heavy atom. The van der Waals surface area contributed by atoms with Crippen molar-refractivity contribution in [2.75, 3.05) is 7.11 Å². The second-order valence-corrected chi connectivity index (χ2v) is 5.38. The summed E-state index contributed by atoms with van der Waals surface area (Å²) in [6.07, 6.45) is 3.73. The van der Waals surface area contributed by atoms with Gasteiger partial charge in [0.1, 0.15) is 17.0 Å². The average molecular weight is 316 g/mol. The Morgan fingerprint density at radius 1 is 0.875 bits per heavy atom. The third-order valence-corrected chi connectivity index (χ3v) is 3.90. The molecule has 4 rings (SSSR count). The Morgan fingerprint density at radius 2 is 1.62 bits per heavy atom. The van der Waals surface area contributed by atoms with E-state index in [1.54, 1.807) is 13.3 Å². The van der Waals surface area contributed by atoms with Gasteiger partial charge in [0.2, 0.25) is 5.88 Å². The molecule has 0 fully saturated rings. The molecule has 0 atom stereocenters. The molecule has 0 aliphatic carbocycles. The van der Waals surface area contributed by atoms with Crippen LogP contribution < -0.4 is 9.47 Å². The number of pyridine rings is 1. The number of aromatic amines is 1. The van der Waals surface area contributed by atoms with Crippen LogP contribution in [0.25, 0.3) is 22.0 Å². The summed E-state index contributed by atoms with van der Waals surface area (Å²) in [5.74, 6) is 2.24. The van der Waals surface area contributed by atoms with Crippen LogP contribution in [-0.4, -0.2) is 17.1 Å². The number of benzene rings is 2. The first-order valence-electron chi connectivity index (χ1n) is 7.68. The average Bonchev–Trinajstić information content (AvgIpc) is 3.07. The molecule has 2 heterocycles. The number of para-hydroxylation sites is 1. The topological polar surface area (TPSA) is 47.1 Å². The van der Waals surface area contributed by atoms with Gasteiger partial charge in [0.15, 0.2) is 0 Å². The predicted octanol–water partition coefficient (Wildman–Crippen LogP) is 5.03. The Hall–Kier alpha value is -3.27. The number of nitrogens with one attached hydrogen (secondary N) is 1. The summed E-state index contributed by atoms with van der Waals surface area (Å²) in [6, 6.07) is 19.8. The highest BCUT2D eigenvalue weighted by molar-refractivity contribution is 5.97. The van der Waals surface area contributed by atoms with Gasteiger partial charge in [0.25, 0.3) is 0 Å². The Balaban J connectivity index is 1.66. The van der Waals surface area contributed by atoms with Gasteiger partial charge < -0.3 is 14.5 Å². The number of hydrogen-bond acceptors (Lipinski definition) is 3. The van der Waals surface area contributed by atoms with Crippen LogP contribution in [0.15, 0.2) is 73.1 Å². The molecule has 4 heteroatoms. The fraction of sp³-hybridized carbons (Fsp3) is 0.0500. The van der Waals surface area contributed by atoms with Crippen LogP contribution in [0.5, 0.6) is 17.4 Å². The zero-order valence-electron chi connectivity index (χ0n) is 13.2. The molecule has 0 saturated heterocycles. The summed E-state index contributed by atoms with van der Waals surface area (Å²) in [5.41, 5.74) is 3.12. The van der Waals surface area contributed by atoms with Crippen LogP contribution in [0.4, 0.5) is 0 Å². The molecule has 0 aliphatic rings. The molecule has 1 N–H and O–H groups in total. The zero-order valence-corrected chi connectivity index (χ0v) is 13.2. The van der Waals surface area contributed by atoms with Crippen LogP contribution in [0.3, 0.4) is 0 Å². The molecule has 0 spiro atoms. The summed E-state index contributed by atoms with van der Waals surface area (Å²) in [4.78, 5) is 7.46. The van der Waals surface area contributed by atoms with Gasteiger partial charge >= 0.3 is 0 Å². The van der Waals surface area contributed by atoms with Gasteiger partial charge in [-0.15, -0.1) is 0 Å². The van der Waals surface area contributed by atoms with Crippen LogP contribution >= 0.6 is 0 Å². The summed E-state index contributed by atoms with van der Waals surface area (Å²) >= 11 is 0. The summed E-state index contributed by atoms with van der Waals surface area (Å²) in [5, 5.41) is 1.08. The first-order chi connectivity index (χ1) is 11.8. The van der Waals surface area contributed by atoms with Crippen LogP contribution in [0, 0.1) is 0 Å². The number of H-pyrrole nitrogens is 1. The largest absolute Gasteiger partial charge is 0.479 e. The first-order valence-corrected chi connectivity index (χ1v) is 7.68. The summed E-state index contributed by atoms with van der Waals surface area (Å²) in [7, 11) is 1.62. The molecule has 0 amide bonds. The second-order valence-electron chi connectivity index (χ2n) is 5.38. The molecule has 24 heavy (non-hydrogen) atoms. The lowest BCUT2D eigenvalue weighted by molar-refractivity contribution is 0.402. The van der Waals surface area contributed by atoms with Gasteiger partial charge in [-0.3, -0.25) is 0 Å². The third kappa shape index (κ3) is 2.58. The number of ether oxygens (including phenoxy) is 2. The van der Waals surface area contributed by atoms with E-state index in [0.717, 1.165) is 33.5 Å². The molecule has 4 aromatic rings. The van der Waals surface area contributed by atoms with Crippen molar-refractivity contribution in [3.63, 3.8) is 0 Å². The molecule has 0 unspecified atom stereocenters. The van der Waals surface area contributed by atoms with E-state index in [9.17, 15) is 0 Å². The van der Waals surface area contributed by atoms with Crippen LogP contribution in [-0.2, 0) is 0 Å². The Labute approximate surface area is 139 Å². The van der Waals surface area contributed by atoms with Crippen molar-refractivity contribution in [2.45, 2.75) is 0 Å². The fourth-order valence-corrected chi connectivity index (χ4v) is 2.75. The quantitative estimate of drug-likeness (QED) is 0.574.